The van der Waals surface area contributed by atoms with Gasteiger partial charge in [0, 0.05) is 6.42 Å². The van der Waals surface area contributed by atoms with Gasteiger partial charge in [0.2, 0.25) is 0 Å². The molecule has 0 radical (unpaired) electrons. The van der Waals surface area contributed by atoms with Crippen molar-refractivity contribution in [3.05, 3.63) is 59.8 Å². The summed E-state index contributed by atoms with van der Waals surface area (Å²) in [6.07, 6.45) is 21.0. The Bertz CT molecular complexity index is 814. The van der Waals surface area contributed by atoms with Crippen LogP contribution in [0.25, 0.3) is 0 Å². The number of aliphatic hydroxyl groups excluding tert-OH is 3. The van der Waals surface area contributed by atoms with Gasteiger partial charge in [0.25, 0.3) is 0 Å². The number of fused-ring (bicyclic) bond motifs is 1. The first-order chi connectivity index (χ1) is 15.3. The normalized spacial score (nSPS) is 40.5. The molecule has 0 aromatic rings. The lowest BCUT2D eigenvalue weighted by molar-refractivity contribution is 0.0862. The van der Waals surface area contributed by atoms with E-state index in [-0.39, 0.29) is 6.10 Å². The van der Waals surface area contributed by atoms with Crippen molar-refractivity contribution < 1.29 is 15.3 Å². The van der Waals surface area contributed by atoms with Crippen LogP contribution in [0.15, 0.2) is 59.8 Å². The quantitative estimate of drug-likeness (QED) is 0.470. The predicted octanol–water partition coefficient (Wildman–Crippen LogP) is 5.65. The van der Waals surface area contributed by atoms with Gasteiger partial charge in [0.05, 0.1) is 18.3 Å². The van der Waals surface area contributed by atoms with Crippen LogP contribution in [0.2, 0.25) is 0 Å². The zero-order valence-corrected chi connectivity index (χ0v) is 19.9. The second kappa shape index (κ2) is 9.83. The van der Waals surface area contributed by atoms with Gasteiger partial charge in [-0.05, 0) is 91.6 Å². The van der Waals surface area contributed by atoms with E-state index < -0.39 is 12.2 Å². The van der Waals surface area contributed by atoms with E-state index in [1.807, 2.05) is 12.2 Å². The summed E-state index contributed by atoms with van der Waals surface area (Å²) in [7, 11) is 0. The van der Waals surface area contributed by atoms with Gasteiger partial charge < -0.3 is 15.3 Å². The molecule has 3 N–H and O–H groups in total. The van der Waals surface area contributed by atoms with Crippen LogP contribution < -0.4 is 0 Å². The summed E-state index contributed by atoms with van der Waals surface area (Å²) in [4.78, 5) is 0. The standard InChI is InChI=1S/C29H42O3/c1-19(7-4-5-9-27(31)22-11-12-22)25-14-15-26-21(8-6-16-29(25,26)3)10-13-23-17-24(30)18-28(32)20(23)2/h4-5,7,9-10,13,19,22,24-28,30-32H,2,6,8,11-12,14-18H2,1,3H3/b7-4+,9-5+,21-10+,23-13-/t19?,24-,25-,26+,27+,28+,29-/m1/s1. The van der Waals surface area contributed by atoms with Crippen molar-refractivity contribution in [2.75, 3.05) is 0 Å². The number of hydrogen-bond acceptors (Lipinski definition) is 3. The first-order valence-corrected chi connectivity index (χ1v) is 12.8. The fourth-order valence-electron chi connectivity index (χ4n) is 6.75. The molecule has 4 rings (SSSR count). The van der Waals surface area contributed by atoms with E-state index in [4.69, 9.17) is 0 Å². The van der Waals surface area contributed by atoms with E-state index >= 15 is 0 Å². The third kappa shape index (κ3) is 5.05. The lowest BCUT2D eigenvalue weighted by Gasteiger charge is -2.44. The fraction of sp³-hybridized carbons (Fsp3) is 0.655. The molecule has 3 heteroatoms. The Kier molecular flexibility index (Phi) is 7.29. The van der Waals surface area contributed by atoms with Crippen LogP contribution >= 0.6 is 0 Å². The van der Waals surface area contributed by atoms with E-state index in [1.165, 1.54) is 25.7 Å². The molecule has 4 aliphatic rings. The van der Waals surface area contributed by atoms with Crippen LogP contribution in [0.1, 0.15) is 71.6 Å². The van der Waals surface area contributed by atoms with Crippen molar-refractivity contribution in [2.45, 2.75) is 89.9 Å². The van der Waals surface area contributed by atoms with Gasteiger partial charge in [0.15, 0.2) is 0 Å². The SMILES string of the molecule is C=C1/C(=C\C=C2/CCC[C@]3(C)[C@@H](C(C)/C=C/C=C/[C@H](O)C4CC4)CC[C@@H]23)C[C@@H](O)C[C@@H]1O. The van der Waals surface area contributed by atoms with Crippen molar-refractivity contribution in [3.8, 4) is 0 Å². The van der Waals surface area contributed by atoms with Gasteiger partial charge in [-0.2, -0.15) is 0 Å². The molecular formula is C29H42O3. The second-order valence-electron chi connectivity index (χ2n) is 11.1. The van der Waals surface area contributed by atoms with E-state index in [1.54, 1.807) is 5.57 Å². The maximum Gasteiger partial charge on any atom is 0.0811 e. The number of hydrogen-bond donors (Lipinski definition) is 3. The smallest absolute Gasteiger partial charge is 0.0811 e. The van der Waals surface area contributed by atoms with Crippen molar-refractivity contribution in [2.24, 2.45) is 29.1 Å². The van der Waals surface area contributed by atoms with E-state index in [0.717, 1.165) is 30.4 Å². The van der Waals surface area contributed by atoms with E-state index in [0.29, 0.717) is 41.9 Å². The Hall–Kier alpha value is -1.42. The predicted molar refractivity (Wildman–Crippen MR) is 131 cm³/mol. The highest BCUT2D eigenvalue weighted by molar-refractivity contribution is 5.38. The van der Waals surface area contributed by atoms with Gasteiger partial charge in [-0.15, -0.1) is 0 Å². The maximum absolute atomic E-state index is 10.1. The molecule has 0 amide bonds. The van der Waals surface area contributed by atoms with Crippen molar-refractivity contribution in [1.82, 2.24) is 0 Å². The first kappa shape index (κ1) is 23.7. The van der Waals surface area contributed by atoms with Gasteiger partial charge in [-0.25, -0.2) is 0 Å². The maximum atomic E-state index is 10.1. The van der Waals surface area contributed by atoms with E-state index in [2.05, 4.69) is 44.7 Å². The van der Waals surface area contributed by atoms with Crippen LogP contribution in [-0.2, 0) is 0 Å². The van der Waals surface area contributed by atoms with Crippen LogP contribution in [-0.4, -0.2) is 33.6 Å². The Morgan fingerprint density at radius 3 is 2.56 bits per heavy atom. The highest BCUT2D eigenvalue weighted by Crippen LogP contribution is 2.59. The van der Waals surface area contributed by atoms with Crippen LogP contribution in [0.3, 0.4) is 0 Å². The third-order valence-corrected chi connectivity index (χ3v) is 8.88. The summed E-state index contributed by atoms with van der Waals surface area (Å²) < 4.78 is 0. The summed E-state index contributed by atoms with van der Waals surface area (Å²) in [5, 5.41) is 30.2. The minimum absolute atomic E-state index is 0.272. The molecule has 4 aliphatic carbocycles. The molecule has 1 unspecified atom stereocenters. The van der Waals surface area contributed by atoms with Crippen LogP contribution in [0.5, 0.6) is 0 Å². The second-order valence-corrected chi connectivity index (χ2v) is 11.1. The Balaban J connectivity index is 1.43. The van der Waals surface area contributed by atoms with Gasteiger partial charge in [-0.3, -0.25) is 0 Å². The van der Waals surface area contributed by atoms with Crippen molar-refractivity contribution in [3.63, 3.8) is 0 Å². The molecule has 0 bridgehead atoms. The summed E-state index contributed by atoms with van der Waals surface area (Å²) in [5.74, 6) is 2.31. The van der Waals surface area contributed by atoms with Gasteiger partial charge in [-0.1, -0.05) is 62.5 Å². The Morgan fingerprint density at radius 1 is 1.06 bits per heavy atom. The monoisotopic (exact) mass is 438 g/mol. The lowest BCUT2D eigenvalue weighted by atomic mass is 9.61. The molecule has 3 nitrogen and oxygen atoms in total. The summed E-state index contributed by atoms with van der Waals surface area (Å²) >= 11 is 0. The van der Waals surface area contributed by atoms with Crippen molar-refractivity contribution >= 4 is 0 Å². The average molecular weight is 439 g/mol. The van der Waals surface area contributed by atoms with Crippen molar-refractivity contribution in [1.29, 1.82) is 0 Å². The summed E-state index contributed by atoms with van der Waals surface area (Å²) in [6, 6.07) is 0. The largest absolute Gasteiger partial charge is 0.393 e. The average Bonchev–Trinajstić information content (AvgIpc) is 3.54. The molecule has 32 heavy (non-hydrogen) atoms. The highest BCUT2D eigenvalue weighted by atomic mass is 16.3. The van der Waals surface area contributed by atoms with E-state index in [9.17, 15) is 15.3 Å². The molecule has 0 spiro atoms. The molecule has 0 aromatic heterocycles. The molecule has 0 aromatic carbocycles. The van der Waals surface area contributed by atoms with Crippen LogP contribution in [0.4, 0.5) is 0 Å². The van der Waals surface area contributed by atoms with Gasteiger partial charge in [0.1, 0.15) is 0 Å². The number of allylic oxidation sites excluding steroid dienone is 6. The zero-order valence-electron chi connectivity index (χ0n) is 19.9. The zero-order chi connectivity index (χ0) is 22.9. The molecule has 0 heterocycles. The highest BCUT2D eigenvalue weighted by Gasteiger charge is 2.50. The molecule has 176 valence electrons. The fourth-order valence-corrected chi connectivity index (χ4v) is 6.75. The molecule has 4 saturated carbocycles. The number of rotatable bonds is 6. The summed E-state index contributed by atoms with van der Waals surface area (Å²) in [5.41, 5.74) is 3.64. The van der Waals surface area contributed by atoms with Gasteiger partial charge >= 0.3 is 0 Å². The minimum atomic E-state index is -0.622. The molecule has 7 atom stereocenters. The molecule has 4 fully saturated rings. The molecular weight excluding hydrogens is 396 g/mol. The van der Waals surface area contributed by atoms with Crippen LogP contribution in [0, 0.1) is 29.1 Å². The lowest BCUT2D eigenvalue weighted by Crippen LogP contribution is -2.35. The summed E-state index contributed by atoms with van der Waals surface area (Å²) in [6.45, 7) is 8.92. The third-order valence-electron chi connectivity index (χ3n) is 8.88. The first-order valence-electron chi connectivity index (χ1n) is 12.8. The molecule has 0 aliphatic heterocycles. The molecule has 0 saturated heterocycles. The Morgan fingerprint density at radius 2 is 1.81 bits per heavy atom. The minimum Gasteiger partial charge on any atom is -0.393 e. The number of aliphatic hydroxyl groups is 3. The Labute approximate surface area is 194 Å². The topological polar surface area (TPSA) is 60.7 Å².